The van der Waals surface area contributed by atoms with Crippen LogP contribution in [0.1, 0.15) is 62.6 Å². The Kier molecular flexibility index (Phi) is 6.86. The van der Waals surface area contributed by atoms with Crippen LogP contribution in [0, 0.1) is 11.7 Å². The van der Waals surface area contributed by atoms with Crippen LogP contribution in [-0.2, 0) is 14.6 Å². The van der Waals surface area contributed by atoms with Crippen LogP contribution in [0.3, 0.4) is 0 Å². The molecule has 2 atom stereocenters. The molecule has 1 N–H and O–H groups in total. The van der Waals surface area contributed by atoms with Gasteiger partial charge in [0.2, 0.25) is 0 Å². The molecule has 2 aromatic carbocycles. The molecule has 184 valence electrons. The topological polar surface area (TPSA) is 81.7 Å². The van der Waals surface area contributed by atoms with E-state index in [4.69, 9.17) is 9.47 Å². The summed E-state index contributed by atoms with van der Waals surface area (Å²) < 4.78 is 52.6. The Balaban J connectivity index is 1.81. The third kappa shape index (κ3) is 4.39. The molecule has 1 saturated heterocycles. The number of nitrogens with one attached hydrogen (secondary N) is 1. The number of halogens is 1. The van der Waals surface area contributed by atoms with Gasteiger partial charge in [0.15, 0.2) is 27.2 Å². The van der Waals surface area contributed by atoms with Gasteiger partial charge in [-0.05, 0) is 59.0 Å². The summed E-state index contributed by atoms with van der Waals surface area (Å²) in [4.78, 5) is 14.2. The molecule has 2 aliphatic heterocycles. The van der Waals surface area contributed by atoms with Crippen LogP contribution in [0.5, 0.6) is 5.75 Å². The van der Waals surface area contributed by atoms with Crippen LogP contribution in [-0.4, -0.2) is 44.2 Å². The zero-order chi connectivity index (χ0) is 24.7. The summed E-state index contributed by atoms with van der Waals surface area (Å²) in [5, 5.41) is 2.73. The largest absolute Gasteiger partial charge is 0.483 e. The standard InChI is InChI=1S/C26H32FNO5S/c1-16(2)32-25-20-6-5-7-21(27)24(20)33-26(12-14-28-15-13-26)22(25)23(29)18-8-10-19(11-9-18)34(30,31)17(3)4/h5-11,16-17,22,25,28H,12-15H2,1-4H3. The molecule has 0 aromatic heterocycles. The lowest BCUT2D eigenvalue weighted by Gasteiger charge is -2.50. The van der Waals surface area contributed by atoms with E-state index < -0.39 is 38.5 Å². The van der Waals surface area contributed by atoms with Crippen molar-refractivity contribution in [3.05, 3.63) is 59.4 Å². The fourth-order valence-corrected chi connectivity index (χ4v) is 5.98. The molecule has 1 spiro atoms. The van der Waals surface area contributed by atoms with Gasteiger partial charge in [-0.2, -0.15) is 0 Å². The van der Waals surface area contributed by atoms with Gasteiger partial charge in [-0.3, -0.25) is 4.79 Å². The maximum Gasteiger partial charge on any atom is 0.180 e. The minimum atomic E-state index is -3.45. The van der Waals surface area contributed by atoms with Gasteiger partial charge in [-0.15, -0.1) is 0 Å². The highest BCUT2D eigenvalue weighted by Crippen LogP contribution is 2.51. The first kappa shape index (κ1) is 24.8. The van der Waals surface area contributed by atoms with E-state index in [9.17, 15) is 17.6 Å². The Hall–Kier alpha value is -2.29. The molecule has 2 unspecified atom stereocenters. The van der Waals surface area contributed by atoms with E-state index in [1.54, 1.807) is 38.1 Å². The number of benzene rings is 2. The number of Topliss-reactive ketones (excluding diaryl/α,β-unsaturated/α-hetero) is 1. The lowest BCUT2D eigenvalue weighted by atomic mass is 9.69. The van der Waals surface area contributed by atoms with E-state index >= 15 is 0 Å². The second-order valence-corrected chi connectivity index (χ2v) is 12.1. The zero-order valence-corrected chi connectivity index (χ0v) is 20.8. The Bertz CT molecular complexity index is 1150. The highest BCUT2D eigenvalue weighted by atomic mass is 32.2. The first-order chi connectivity index (χ1) is 16.1. The first-order valence-corrected chi connectivity index (χ1v) is 13.3. The first-order valence-electron chi connectivity index (χ1n) is 11.8. The summed E-state index contributed by atoms with van der Waals surface area (Å²) in [6.07, 6.45) is 0.153. The van der Waals surface area contributed by atoms with Gasteiger partial charge < -0.3 is 14.8 Å². The molecule has 1 fully saturated rings. The maximum absolute atomic E-state index is 14.9. The molecule has 0 amide bonds. The lowest BCUT2D eigenvalue weighted by molar-refractivity contribution is -0.115. The van der Waals surface area contributed by atoms with Crippen molar-refractivity contribution in [2.75, 3.05) is 13.1 Å². The average molecular weight is 490 g/mol. The minimum Gasteiger partial charge on any atom is -0.483 e. The van der Waals surface area contributed by atoms with Gasteiger partial charge in [0.05, 0.1) is 22.2 Å². The average Bonchev–Trinajstić information content (AvgIpc) is 2.80. The molecule has 2 aromatic rings. The molecule has 6 nitrogen and oxygen atoms in total. The van der Waals surface area contributed by atoms with E-state index in [0.29, 0.717) is 37.1 Å². The molecule has 2 aliphatic rings. The van der Waals surface area contributed by atoms with Gasteiger partial charge in [-0.25, -0.2) is 12.8 Å². The lowest BCUT2D eigenvalue weighted by Crippen LogP contribution is -2.58. The number of hydrogen-bond donors (Lipinski definition) is 1. The smallest absolute Gasteiger partial charge is 0.180 e. The van der Waals surface area contributed by atoms with E-state index in [1.807, 2.05) is 13.8 Å². The van der Waals surface area contributed by atoms with Crippen molar-refractivity contribution in [2.24, 2.45) is 5.92 Å². The van der Waals surface area contributed by atoms with Crippen molar-refractivity contribution >= 4 is 15.6 Å². The summed E-state index contributed by atoms with van der Waals surface area (Å²) in [5.41, 5.74) is -0.0265. The van der Waals surface area contributed by atoms with Crippen LogP contribution in [0.4, 0.5) is 4.39 Å². The fourth-order valence-electron chi connectivity index (χ4n) is 4.92. The van der Waals surface area contributed by atoms with Crippen molar-refractivity contribution in [3.63, 3.8) is 0 Å². The Morgan fingerprint density at radius 2 is 1.74 bits per heavy atom. The Morgan fingerprint density at radius 1 is 1.09 bits per heavy atom. The maximum atomic E-state index is 14.9. The number of piperidine rings is 1. The van der Waals surface area contributed by atoms with Crippen molar-refractivity contribution in [3.8, 4) is 5.75 Å². The molecule has 0 saturated carbocycles. The van der Waals surface area contributed by atoms with Gasteiger partial charge in [-0.1, -0.05) is 24.3 Å². The Labute approximate surface area is 200 Å². The summed E-state index contributed by atoms with van der Waals surface area (Å²) >= 11 is 0. The van der Waals surface area contributed by atoms with Crippen LogP contribution in [0.15, 0.2) is 47.4 Å². The molecule has 4 rings (SSSR count). The number of hydrogen-bond acceptors (Lipinski definition) is 6. The van der Waals surface area contributed by atoms with Crippen molar-refractivity contribution < 1.29 is 27.1 Å². The molecular formula is C26H32FNO5S. The third-order valence-corrected chi connectivity index (χ3v) is 8.89. The van der Waals surface area contributed by atoms with Gasteiger partial charge in [0, 0.05) is 24.0 Å². The highest BCUT2D eigenvalue weighted by molar-refractivity contribution is 7.92. The summed E-state index contributed by atoms with van der Waals surface area (Å²) in [6, 6.07) is 10.8. The fraction of sp³-hybridized carbons (Fsp3) is 0.500. The summed E-state index contributed by atoms with van der Waals surface area (Å²) in [7, 11) is -3.45. The monoisotopic (exact) mass is 489 g/mol. The number of carbonyl (C=O) groups is 1. The number of ketones is 1. The van der Waals surface area contributed by atoms with E-state index in [1.165, 1.54) is 18.2 Å². The van der Waals surface area contributed by atoms with E-state index in [0.717, 1.165) is 0 Å². The van der Waals surface area contributed by atoms with Gasteiger partial charge in [0.1, 0.15) is 11.7 Å². The van der Waals surface area contributed by atoms with Gasteiger partial charge in [0.25, 0.3) is 0 Å². The van der Waals surface area contributed by atoms with Crippen molar-refractivity contribution in [1.82, 2.24) is 5.32 Å². The van der Waals surface area contributed by atoms with Crippen molar-refractivity contribution in [2.45, 2.75) is 68.5 Å². The Morgan fingerprint density at radius 3 is 2.32 bits per heavy atom. The number of rotatable bonds is 6. The second-order valence-electron chi connectivity index (χ2n) is 9.64. The molecular weight excluding hydrogens is 457 g/mol. The number of sulfone groups is 1. The van der Waals surface area contributed by atoms with Gasteiger partial charge >= 0.3 is 0 Å². The molecule has 0 aliphatic carbocycles. The quantitative estimate of drug-likeness (QED) is 0.603. The predicted molar refractivity (Wildman–Crippen MR) is 127 cm³/mol. The second kappa shape index (κ2) is 9.40. The number of carbonyl (C=O) groups excluding carboxylic acids is 1. The van der Waals surface area contributed by atoms with Crippen molar-refractivity contribution in [1.29, 1.82) is 0 Å². The van der Waals surface area contributed by atoms with Crippen LogP contribution in [0.25, 0.3) is 0 Å². The molecule has 0 radical (unpaired) electrons. The molecule has 0 bridgehead atoms. The SMILES string of the molecule is CC(C)OC1c2cccc(F)c2OC2(CCNCC2)C1C(=O)c1ccc(S(=O)(=O)C(C)C)cc1. The highest BCUT2D eigenvalue weighted by Gasteiger charge is 2.55. The predicted octanol–water partition coefficient (Wildman–Crippen LogP) is 4.49. The van der Waals surface area contributed by atoms with E-state index in [-0.39, 0.29) is 22.5 Å². The number of fused-ring (bicyclic) bond motifs is 1. The van der Waals surface area contributed by atoms with Crippen LogP contribution < -0.4 is 10.1 Å². The molecule has 8 heteroatoms. The zero-order valence-electron chi connectivity index (χ0n) is 20.0. The molecule has 34 heavy (non-hydrogen) atoms. The summed E-state index contributed by atoms with van der Waals surface area (Å²) in [5.74, 6) is -1.23. The van der Waals surface area contributed by atoms with Crippen LogP contribution in [0.2, 0.25) is 0 Å². The minimum absolute atomic E-state index is 0.150. The van der Waals surface area contributed by atoms with E-state index in [2.05, 4.69) is 5.32 Å². The van der Waals surface area contributed by atoms with Crippen LogP contribution >= 0.6 is 0 Å². The summed E-state index contributed by atoms with van der Waals surface area (Å²) in [6.45, 7) is 8.28. The number of ether oxygens (including phenoxy) is 2. The third-order valence-electron chi connectivity index (χ3n) is 6.72. The number of para-hydroxylation sites is 1. The normalized spacial score (nSPS) is 22.0. The molecule has 2 heterocycles.